The SMILES string of the molecule is CCOC(=O)c1cccc(NC(=O)N2CCCC(O)(CN3CCC(C(C)c4ccc(F)cc4)CC3)C2)c1. The Balaban J connectivity index is 1.29. The van der Waals surface area contributed by atoms with E-state index in [0.29, 0.717) is 42.6 Å². The minimum Gasteiger partial charge on any atom is -0.462 e. The van der Waals surface area contributed by atoms with Crippen LogP contribution in [0.3, 0.4) is 0 Å². The summed E-state index contributed by atoms with van der Waals surface area (Å²) in [5.74, 6) is 0.249. The maximum absolute atomic E-state index is 13.3. The van der Waals surface area contributed by atoms with Crippen LogP contribution < -0.4 is 5.32 Å². The van der Waals surface area contributed by atoms with Gasteiger partial charge in [0.05, 0.1) is 24.3 Å². The number of piperidine rings is 2. The molecule has 200 valence electrons. The molecule has 37 heavy (non-hydrogen) atoms. The van der Waals surface area contributed by atoms with Crippen LogP contribution >= 0.6 is 0 Å². The van der Waals surface area contributed by atoms with Crippen molar-refractivity contribution >= 4 is 17.7 Å². The van der Waals surface area contributed by atoms with Crippen LogP contribution in [0.1, 0.15) is 61.4 Å². The van der Waals surface area contributed by atoms with Gasteiger partial charge in [-0.05, 0) is 93.4 Å². The maximum Gasteiger partial charge on any atom is 0.338 e. The minimum atomic E-state index is -0.961. The Hall–Kier alpha value is -2.97. The molecule has 2 N–H and O–H groups in total. The fraction of sp³-hybridized carbons (Fsp3) is 0.517. The van der Waals surface area contributed by atoms with Gasteiger partial charge in [-0.2, -0.15) is 0 Å². The highest BCUT2D eigenvalue weighted by Crippen LogP contribution is 2.33. The van der Waals surface area contributed by atoms with Crippen LogP contribution in [0, 0.1) is 11.7 Å². The van der Waals surface area contributed by atoms with E-state index in [4.69, 9.17) is 4.74 Å². The van der Waals surface area contributed by atoms with Gasteiger partial charge in [0, 0.05) is 18.8 Å². The summed E-state index contributed by atoms with van der Waals surface area (Å²) in [4.78, 5) is 28.9. The normalized spacial score (nSPS) is 21.9. The molecule has 2 unspecified atom stereocenters. The summed E-state index contributed by atoms with van der Waals surface area (Å²) in [6.45, 7) is 7.40. The summed E-state index contributed by atoms with van der Waals surface area (Å²) >= 11 is 0. The zero-order valence-electron chi connectivity index (χ0n) is 21.8. The molecule has 0 bridgehead atoms. The van der Waals surface area contributed by atoms with Gasteiger partial charge in [-0.25, -0.2) is 14.0 Å². The van der Waals surface area contributed by atoms with Crippen molar-refractivity contribution in [2.75, 3.05) is 44.6 Å². The monoisotopic (exact) mass is 511 g/mol. The first-order chi connectivity index (χ1) is 17.8. The fourth-order valence-corrected chi connectivity index (χ4v) is 5.62. The van der Waals surface area contributed by atoms with Crippen LogP contribution in [0.4, 0.5) is 14.9 Å². The number of β-amino-alcohol motifs (C(OH)–C–C–N with tert-alkyl or cyclic N) is 1. The molecule has 0 spiro atoms. The standard InChI is InChI=1S/C29H38FN3O4/c1-3-37-27(34)24-6-4-7-26(18-24)31-28(35)33-15-5-14-29(36,20-33)19-32-16-12-23(13-17-32)21(2)22-8-10-25(30)11-9-22/h4,6-11,18,21,23,36H,3,5,12-17,19-20H2,1-2H3,(H,31,35). The van der Waals surface area contributed by atoms with E-state index in [0.717, 1.165) is 32.4 Å². The number of hydrogen-bond acceptors (Lipinski definition) is 5. The van der Waals surface area contributed by atoms with E-state index in [9.17, 15) is 19.1 Å². The number of anilines is 1. The molecule has 2 aliphatic heterocycles. The lowest BCUT2D eigenvalue weighted by molar-refractivity contribution is -0.0474. The van der Waals surface area contributed by atoms with Crippen LogP contribution in [0.2, 0.25) is 0 Å². The van der Waals surface area contributed by atoms with E-state index in [1.165, 1.54) is 17.7 Å². The first-order valence-electron chi connectivity index (χ1n) is 13.3. The average Bonchev–Trinajstić information content (AvgIpc) is 2.89. The predicted octanol–water partition coefficient (Wildman–Crippen LogP) is 4.88. The Labute approximate surface area is 218 Å². The van der Waals surface area contributed by atoms with E-state index >= 15 is 0 Å². The molecule has 8 heteroatoms. The molecule has 2 aromatic rings. The highest BCUT2D eigenvalue weighted by molar-refractivity contribution is 5.94. The van der Waals surface area contributed by atoms with Crippen molar-refractivity contribution in [3.63, 3.8) is 0 Å². The molecule has 2 heterocycles. The number of aliphatic hydroxyl groups is 1. The third-order valence-electron chi connectivity index (χ3n) is 7.72. The third-order valence-corrected chi connectivity index (χ3v) is 7.72. The first-order valence-corrected chi connectivity index (χ1v) is 13.3. The number of amides is 2. The predicted molar refractivity (Wildman–Crippen MR) is 141 cm³/mol. The van der Waals surface area contributed by atoms with Crippen LogP contribution in [-0.4, -0.2) is 71.8 Å². The van der Waals surface area contributed by atoms with Crippen LogP contribution in [0.25, 0.3) is 0 Å². The van der Waals surface area contributed by atoms with Crippen molar-refractivity contribution in [1.29, 1.82) is 0 Å². The van der Waals surface area contributed by atoms with Crippen molar-refractivity contribution < 1.29 is 23.8 Å². The van der Waals surface area contributed by atoms with E-state index < -0.39 is 11.6 Å². The van der Waals surface area contributed by atoms with Crippen molar-refractivity contribution in [3.05, 3.63) is 65.5 Å². The average molecular weight is 512 g/mol. The van der Waals surface area contributed by atoms with Gasteiger partial charge in [0.1, 0.15) is 5.82 Å². The van der Waals surface area contributed by atoms with E-state index in [1.807, 2.05) is 12.1 Å². The lowest BCUT2D eigenvalue weighted by atomic mass is 9.81. The Morgan fingerprint density at radius 3 is 2.59 bits per heavy atom. The Kier molecular flexibility index (Phi) is 8.82. The minimum absolute atomic E-state index is 0.209. The topological polar surface area (TPSA) is 82.1 Å². The summed E-state index contributed by atoms with van der Waals surface area (Å²) < 4.78 is 18.3. The molecule has 2 fully saturated rings. The van der Waals surface area contributed by atoms with Crippen molar-refractivity contribution in [3.8, 4) is 0 Å². The zero-order chi connectivity index (χ0) is 26.4. The number of nitrogens with one attached hydrogen (secondary N) is 1. The molecule has 0 aliphatic carbocycles. The van der Waals surface area contributed by atoms with Gasteiger partial charge in [-0.3, -0.25) is 0 Å². The second kappa shape index (κ2) is 12.0. The summed E-state index contributed by atoms with van der Waals surface area (Å²) in [5.41, 5.74) is 1.10. The molecule has 7 nitrogen and oxygen atoms in total. The number of rotatable bonds is 7. The second-order valence-corrected chi connectivity index (χ2v) is 10.4. The van der Waals surface area contributed by atoms with Gasteiger partial charge in [0.2, 0.25) is 0 Å². The third kappa shape index (κ3) is 7.08. The Morgan fingerprint density at radius 2 is 1.89 bits per heavy atom. The lowest BCUT2D eigenvalue weighted by Gasteiger charge is -2.44. The van der Waals surface area contributed by atoms with Gasteiger partial charge in [0.25, 0.3) is 0 Å². The summed E-state index contributed by atoms with van der Waals surface area (Å²) in [5, 5.41) is 14.3. The molecule has 2 saturated heterocycles. The quantitative estimate of drug-likeness (QED) is 0.518. The molecule has 2 amide bonds. The van der Waals surface area contributed by atoms with E-state index in [2.05, 4.69) is 17.1 Å². The smallest absolute Gasteiger partial charge is 0.338 e. The number of urea groups is 1. The molecule has 4 rings (SSSR count). The highest BCUT2D eigenvalue weighted by Gasteiger charge is 2.38. The van der Waals surface area contributed by atoms with Gasteiger partial charge < -0.3 is 25.0 Å². The van der Waals surface area contributed by atoms with Gasteiger partial charge in [-0.15, -0.1) is 0 Å². The first kappa shape index (κ1) is 27.1. The fourth-order valence-electron chi connectivity index (χ4n) is 5.62. The maximum atomic E-state index is 13.3. The molecule has 2 aliphatic rings. The molecule has 0 radical (unpaired) electrons. The number of carbonyl (C=O) groups excluding carboxylic acids is 2. The number of likely N-dealkylation sites (tertiary alicyclic amines) is 2. The van der Waals surface area contributed by atoms with E-state index in [1.54, 1.807) is 36.1 Å². The number of halogens is 1. The van der Waals surface area contributed by atoms with Crippen LogP contribution in [-0.2, 0) is 4.74 Å². The largest absolute Gasteiger partial charge is 0.462 e. The Bertz CT molecular complexity index is 1070. The van der Waals surface area contributed by atoms with Crippen molar-refractivity contribution in [2.45, 2.75) is 51.0 Å². The number of nitrogens with zero attached hydrogens (tertiary/aromatic N) is 2. The summed E-state index contributed by atoms with van der Waals surface area (Å²) in [7, 11) is 0. The van der Waals surface area contributed by atoms with Crippen LogP contribution in [0.15, 0.2) is 48.5 Å². The summed E-state index contributed by atoms with van der Waals surface area (Å²) in [6, 6.07) is 13.2. The number of benzene rings is 2. The molecule has 0 saturated carbocycles. The molecule has 0 aromatic heterocycles. The zero-order valence-corrected chi connectivity index (χ0v) is 21.8. The van der Waals surface area contributed by atoms with Crippen molar-refractivity contribution in [2.24, 2.45) is 5.92 Å². The molecule has 2 aromatic carbocycles. The highest BCUT2D eigenvalue weighted by atomic mass is 19.1. The van der Waals surface area contributed by atoms with Crippen LogP contribution in [0.5, 0.6) is 0 Å². The number of carbonyl (C=O) groups is 2. The van der Waals surface area contributed by atoms with Gasteiger partial charge >= 0.3 is 12.0 Å². The number of esters is 1. The van der Waals surface area contributed by atoms with E-state index in [-0.39, 0.29) is 25.0 Å². The molecular formula is C29H38FN3O4. The molecular weight excluding hydrogens is 473 g/mol. The number of ether oxygens (including phenoxy) is 1. The van der Waals surface area contributed by atoms with Crippen molar-refractivity contribution in [1.82, 2.24) is 9.80 Å². The lowest BCUT2D eigenvalue weighted by Crippen LogP contribution is -2.57. The second-order valence-electron chi connectivity index (χ2n) is 10.4. The number of hydrogen-bond donors (Lipinski definition) is 2. The molecule has 2 atom stereocenters. The Morgan fingerprint density at radius 1 is 1.16 bits per heavy atom. The van der Waals surface area contributed by atoms with Gasteiger partial charge in [0.15, 0.2) is 0 Å². The summed E-state index contributed by atoms with van der Waals surface area (Å²) in [6.07, 6.45) is 3.43. The van der Waals surface area contributed by atoms with Gasteiger partial charge in [-0.1, -0.05) is 25.1 Å².